The molecule has 0 bridgehead atoms. The molecule has 1 aromatic heterocycles. The highest BCUT2D eigenvalue weighted by Crippen LogP contribution is 2.07. The summed E-state index contributed by atoms with van der Waals surface area (Å²) < 4.78 is 4.81. The van der Waals surface area contributed by atoms with E-state index >= 15 is 0 Å². The third-order valence-corrected chi connectivity index (χ3v) is 1.96. The summed E-state index contributed by atoms with van der Waals surface area (Å²) in [6.45, 7) is 0.937. The van der Waals surface area contributed by atoms with E-state index in [0.29, 0.717) is 31.2 Å². The van der Waals surface area contributed by atoms with E-state index in [1.165, 1.54) is 6.33 Å². The molecular formula is C9H17N5O2. The minimum atomic E-state index is -0.466. The van der Waals surface area contributed by atoms with Gasteiger partial charge in [-0.05, 0) is 6.42 Å². The molecule has 0 amide bonds. The average molecular weight is 227 g/mol. The Labute approximate surface area is 94.0 Å². The largest absolute Gasteiger partial charge is 0.391 e. The zero-order valence-corrected chi connectivity index (χ0v) is 9.18. The lowest BCUT2D eigenvalue weighted by Gasteiger charge is -2.10. The fourth-order valence-electron chi connectivity index (χ4n) is 1.18. The lowest BCUT2D eigenvalue weighted by molar-refractivity contribution is 0.0615. The van der Waals surface area contributed by atoms with Gasteiger partial charge in [0, 0.05) is 19.7 Å². The number of aromatic nitrogens is 2. The maximum Gasteiger partial charge on any atom is 0.145 e. The van der Waals surface area contributed by atoms with Crippen LogP contribution in [0.3, 0.4) is 0 Å². The standard InChI is InChI=1S/C9H17N5O2/c1-16-5-7(15)2-3-11-8-4-9(14-10)13-6-12-8/h4,6-7,15H,2-3,5,10H2,1H3,(H2,11,12,13,14). The molecule has 0 aliphatic heterocycles. The number of methoxy groups -OCH3 is 1. The van der Waals surface area contributed by atoms with Gasteiger partial charge >= 0.3 is 0 Å². The van der Waals surface area contributed by atoms with Crippen LogP contribution in [0.25, 0.3) is 0 Å². The lowest BCUT2D eigenvalue weighted by Crippen LogP contribution is -2.18. The van der Waals surface area contributed by atoms with Gasteiger partial charge in [-0.1, -0.05) is 0 Å². The van der Waals surface area contributed by atoms with Crippen LogP contribution in [0.5, 0.6) is 0 Å². The molecule has 5 N–H and O–H groups in total. The van der Waals surface area contributed by atoms with Gasteiger partial charge in [-0.3, -0.25) is 0 Å². The number of hydrogen-bond donors (Lipinski definition) is 4. The first-order chi connectivity index (χ1) is 7.76. The van der Waals surface area contributed by atoms with Crippen molar-refractivity contribution < 1.29 is 9.84 Å². The molecule has 0 aromatic carbocycles. The van der Waals surface area contributed by atoms with Crippen LogP contribution in [-0.2, 0) is 4.74 Å². The lowest BCUT2D eigenvalue weighted by atomic mass is 10.2. The normalized spacial score (nSPS) is 12.2. The van der Waals surface area contributed by atoms with E-state index < -0.39 is 6.10 Å². The topological polar surface area (TPSA) is 105 Å². The molecule has 7 nitrogen and oxygen atoms in total. The summed E-state index contributed by atoms with van der Waals surface area (Å²) in [5.74, 6) is 6.41. The molecular weight excluding hydrogens is 210 g/mol. The number of nitrogens with one attached hydrogen (secondary N) is 2. The SMILES string of the molecule is COCC(O)CCNc1cc(NN)ncn1. The summed E-state index contributed by atoms with van der Waals surface area (Å²) in [6, 6.07) is 1.68. The van der Waals surface area contributed by atoms with Crippen LogP contribution in [0.1, 0.15) is 6.42 Å². The van der Waals surface area contributed by atoms with Crippen molar-refractivity contribution in [2.24, 2.45) is 5.84 Å². The van der Waals surface area contributed by atoms with Gasteiger partial charge in [-0.2, -0.15) is 0 Å². The first kappa shape index (κ1) is 12.6. The number of nitrogen functional groups attached to an aromatic ring is 1. The maximum atomic E-state index is 9.40. The van der Waals surface area contributed by atoms with E-state index in [1.807, 2.05) is 0 Å². The molecule has 0 radical (unpaired) electrons. The Morgan fingerprint density at radius 1 is 1.50 bits per heavy atom. The second-order valence-corrected chi connectivity index (χ2v) is 3.26. The van der Waals surface area contributed by atoms with Crippen molar-refractivity contribution in [1.82, 2.24) is 9.97 Å². The Hall–Kier alpha value is -1.44. The van der Waals surface area contributed by atoms with Gasteiger partial charge in [-0.25, -0.2) is 15.8 Å². The van der Waals surface area contributed by atoms with Crippen molar-refractivity contribution in [1.29, 1.82) is 0 Å². The summed E-state index contributed by atoms with van der Waals surface area (Å²) in [6.07, 6.45) is 1.53. The molecule has 90 valence electrons. The van der Waals surface area contributed by atoms with Crippen LogP contribution < -0.4 is 16.6 Å². The summed E-state index contributed by atoms with van der Waals surface area (Å²) in [5, 5.41) is 12.4. The predicted molar refractivity (Wildman–Crippen MR) is 60.8 cm³/mol. The highest BCUT2D eigenvalue weighted by atomic mass is 16.5. The van der Waals surface area contributed by atoms with E-state index in [2.05, 4.69) is 20.7 Å². The second kappa shape index (κ2) is 6.94. The first-order valence-electron chi connectivity index (χ1n) is 4.95. The fourth-order valence-corrected chi connectivity index (χ4v) is 1.18. The number of rotatable bonds is 7. The summed E-state index contributed by atoms with van der Waals surface area (Å²) >= 11 is 0. The monoisotopic (exact) mass is 227 g/mol. The molecule has 0 saturated heterocycles. The van der Waals surface area contributed by atoms with E-state index in [4.69, 9.17) is 10.6 Å². The average Bonchev–Trinajstić information content (AvgIpc) is 2.30. The van der Waals surface area contributed by atoms with Crippen LogP contribution in [0, 0.1) is 0 Å². The minimum Gasteiger partial charge on any atom is -0.391 e. The van der Waals surface area contributed by atoms with Gasteiger partial charge in [0.2, 0.25) is 0 Å². The molecule has 7 heteroatoms. The van der Waals surface area contributed by atoms with Crippen LogP contribution in [0.4, 0.5) is 11.6 Å². The molecule has 0 fully saturated rings. The van der Waals surface area contributed by atoms with E-state index in [1.54, 1.807) is 13.2 Å². The molecule has 1 aromatic rings. The van der Waals surface area contributed by atoms with E-state index in [-0.39, 0.29) is 0 Å². The molecule has 1 atom stereocenters. The molecule has 0 spiro atoms. The zero-order chi connectivity index (χ0) is 11.8. The van der Waals surface area contributed by atoms with Gasteiger partial charge < -0.3 is 20.6 Å². The number of aliphatic hydroxyl groups is 1. The number of aliphatic hydroxyl groups excluding tert-OH is 1. The Morgan fingerprint density at radius 3 is 2.94 bits per heavy atom. The summed E-state index contributed by atoms with van der Waals surface area (Å²) in [5.41, 5.74) is 2.43. The number of nitrogens with two attached hydrogens (primary N) is 1. The maximum absolute atomic E-state index is 9.40. The van der Waals surface area contributed by atoms with Gasteiger partial charge in [0.15, 0.2) is 0 Å². The Bertz CT molecular complexity index is 310. The number of hydrazine groups is 1. The molecule has 1 unspecified atom stereocenters. The van der Waals surface area contributed by atoms with Gasteiger partial charge in [0.25, 0.3) is 0 Å². The van der Waals surface area contributed by atoms with Crippen molar-refractivity contribution in [2.75, 3.05) is 31.0 Å². The smallest absolute Gasteiger partial charge is 0.145 e. The number of hydrogen-bond acceptors (Lipinski definition) is 7. The highest BCUT2D eigenvalue weighted by molar-refractivity contribution is 5.45. The third-order valence-electron chi connectivity index (χ3n) is 1.96. The second-order valence-electron chi connectivity index (χ2n) is 3.26. The molecule has 1 rings (SSSR count). The quantitative estimate of drug-likeness (QED) is 0.370. The Balaban J connectivity index is 2.31. The van der Waals surface area contributed by atoms with Gasteiger partial charge in [0.1, 0.15) is 18.0 Å². The molecule has 0 saturated carbocycles. The van der Waals surface area contributed by atoms with Gasteiger partial charge in [0.05, 0.1) is 12.7 Å². The van der Waals surface area contributed by atoms with Crippen molar-refractivity contribution in [3.05, 3.63) is 12.4 Å². The third kappa shape index (κ3) is 4.39. The fraction of sp³-hybridized carbons (Fsp3) is 0.556. The van der Waals surface area contributed by atoms with Crippen LogP contribution in [0.2, 0.25) is 0 Å². The zero-order valence-electron chi connectivity index (χ0n) is 9.18. The predicted octanol–water partition coefficient (Wildman–Crippen LogP) is -0.428. The molecule has 0 aliphatic rings. The number of anilines is 2. The van der Waals surface area contributed by atoms with Crippen molar-refractivity contribution >= 4 is 11.6 Å². The van der Waals surface area contributed by atoms with E-state index in [0.717, 1.165) is 0 Å². The summed E-state index contributed by atoms with van der Waals surface area (Å²) in [7, 11) is 1.56. The Kier molecular flexibility index (Phi) is 5.48. The van der Waals surface area contributed by atoms with Gasteiger partial charge in [-0.15, -0.1) is 0 Å². The van der Waals surface area contributed by atoms with Crippen LogP contribution in [0.15, 0.2) is 12.4 Å². The highest BCUT2D eigenvalue weighted by Gasteiger charge is 2.03. The van der Waals surface area contributed by atoms with Crippen molar-refractivity contribution in [3.8, 4) is 0 Å². The summed E-state index contributed by atoms with van der Waals surface area (Å²) in [4.78, 5) is 7.87. The number of nitrogens with zero attached hydrogens (tertiary/aromatic N) is 2. The van der Waals surface area contributed by atoms with Crippen LogP contribution >= 0.6 is 0 Å². The van der Waals surface area contributed by atoms with Crippen molar-refractivity contribution in [2.45, 2.75) is 12.5 Å². The Morgan fingerprint density at radius 2 is 2.25 bits per heavy atom. The van der Waals surface area contributed by atoms with Crippen LogP contribution in [-0.4, -0.2) is 41.4 Å². The molecule has 0 aliphatic carbocycles. The molecule has 16 heavy (non-hydrogen) atoms. The molecule has 1 heterocycles. The minimum absolute atomic E-state index is 0.334. The first-order valence-corrected chi connectivity index (χ1v) is 4.95. The van der Waals surface area contributed by atoms with Crippen molar-refractivity contribution in [3.63, 3.8) is 0 Å². The number of ether oxygens (including phenoxy) is 1. The van der Waals surface area contributed by atoms with E-state index in [9.17, 15) is 5.11 Å².